The van der Waals surface area contributed by atoms with E-state index >= 15 is 0 Å². The van der Waals surface area contributed by atoms with Crippen molar-refractivity contribution in [1.82, 2.24) is 0 Å². The lowest BCUT2D eigenvalue weighted by molar-refractivity contribution is 0.0309. The van der Waals surface area contributed by atoms with Gasteiger partial charge in [0.1, 0.15) is 12.1 Å². The van der Waals surface area contributed by atoms with Crippen LogP contribution in [0.15, 0.2) is 27.5 Å². The van der Waals surface area contributed by atoms with Gasteiger partial charge in [0.25, 0.3) is 0 Å². The second-order valence-electron chi connectivity index (χ2n) is 4.59. The van der Waals surface area contributed by atoms with Crippen LogP contribution in [0.1, 0.15) is 20.3 Å². The zero-order valence-corrected chi connectivity index (χ0v) is 11.2. The van der Waals surface area contributed by atoms with E-state index < -0.39 is 0 Å². The highest BCUT2D eigenvalue weighted by atomic mass is 16.5. The van der Waals surface area contributed by atoms with E-state index in [0.29, 0.717) is 29.4 Å². The van der Waals surface area contributed by atoms with Crippen LogP contribution >= 0.6 is 0 Å². The molecule has 0 radical (unpaired) electrons. The lowest BCUT2D eigenvalue weighted by Gasteiger charge is -2.30. The molecule has 0 aliphatic carbocycles. The highest BCUT2D eigenvalue weighted by Crippen LogP contribution is 2.28. The van der Waals surface area contributed by atoms with Gasteiger partial charge in [0.2, 0.25) is 0 Å². The molecule has 1 aliphatic heterocycles. The minimum atomic E-state index is -0.242. The monoisotopic (exact) mass is 253 g/mol. The van der Waals surface area contributed by atoms with Crippen LogP contribution in [-0.4, -0.2) is 25.7 Å². The summed E-state index contributed by atoms with van der Waals surface area (Å²) in [6, 6.07) is 0. The third kappa shape index (κ3) is 3.02. The maximum absolute atomic E-state index is 6.01. The van der Waals surface area contributed by atoms with Crippen LogP contribution in [0.2, 0.25) is 0 Å². The quantitative estimate of drug-likeness (QED) is 0.399. The molecule has 2 atom stereocenters. The summed E-state index contributed by atoms with van der Waals surface area (Å²) >= 11 is 0. The Morgan fingerprint density at radius 3 is 2.39 bits per heavy atom. The number of ether oxygens (including phenoxy) is 1. The molecular formula is C12H23N5O. The molecule has 0 aromatic heterocycles. The topological polar surface area (TPSA) is 126 Å². The van der Waals surface area contributed by atoms with Crippen LogP contribution in [0.4, 0.5) is 0 Å². The first-order chi connectivity index (χ1) is 8.38. The van der Waals surface area contributed by atoms with Gasteiger partial charge in [-0.2, -0.15) is 0 Å². The van der Waals surface area contributed by atoms with Crippen LogP contribution in [-0.2, 0) is 4.74 Å². The maximum Gasteiger partial charge on any atom is 0.127 e. The van der Waals surface area contributed by atoms with Crippen molar-refractivity contribution >= 4 is 5.84 Å². The molecule has 1 aliphatic rings. The van der Waals surface area contributed by atoms with Crippen LogP contribution in [0.5, 0.6) is 0 Å². The summed E-state index contributed by atoms with van der Waals surface area (Å²) in [5.74, 6) is 0.611. The van der Waals surface area contributed by atoms with Gasteiger partial charge in [-0.3, -0.25) is 4.99 Å². The second-order valence-corrected chi connectivity index (χ2v) is 4.59. The Morgan fingerprint density at radius 1 is 1.33 bits per heavy atom. The molecule has 6 nitrogen and oxygen atoms in total. The summed E-state index contributed by atoms with van der Waals surface area (Å²) in [6.07, 6.45) is 0.487. The summed E-state index contributed by atoms with van der Waals surface area (Å²) in [5, 5.41) is 0. The smallest absolute Gasteiger partial charge is 0.127 e. The molecule has 1 rings (SSSR count). The number of nitrogens with zero attached hydrogens (tertiary/aromatic N) is 1. The van der Waals surface area contributed by atoms with Crippen molar-refractivity contribution in [3.8, 4) is 0 Å². The van der Waals surface area contributed by atoms with Gasteiger partial charge in [0.05, 0.1) is 12.3 Å². The lowest BCUT2D eigenvalue weighted by atomic mass is 9.89. The summed E-state index contributed by atoms with van der Waals surface area (Å²) in [7, 11) is 1.62. The molecule has 0 saturated carbocycles. The molecule has 6 heteroatoms. The molecule has 18 heavy (non-hydrogen) atoms. The highest BCUT2D eigenvalue weighted by molar-refractivity contribution is 6.01. The molecule has 0 bridgehead atoms. The van der Waals surface area contributed by atoms with Gasteiger partial charge in [-0.15, -0.1) is 0 Å². The van der Waals surface area contributed by atoms with Crippen molar-refractivity contribution in [3.63, 3.8) is 0 Å². The molecule has 102 valence electrons. The minimum Gasteiger partial charge on any atom is -0.401 e. The summed E-state index contributed by atoms with van der Waals surface area (Å²) in [4.78, 5) is 4.00. The van der Waals surface area contributed by atoms with E-state index in [2.05, 4.69) is 11.9 Å². The minimum absolute atomic E-state index is 0.238. The first-order valence-corrected chi connectivity index (χ1v) is 5.93. The predicted octanol–water partition coefficient (Wildman–Crippen LogP) is -0.240. The SMILES string of the molecule is C\N=C(N)/C(=C1\COC(N)CC1C)C(/N)=C(/C)N. The fraction of sp³-hybridized carbons (Fsp3) is 0.583. The molecule has 1 fully saturated rings. The third-order valence-electron chi connectivity index (χ3n) is 3.15. The first kappa shape index (κ1) is 14.5. The van der Waals surface area contributed by atoms with Crippen LogP contribution in [0.25, 0.3) is 0 Å². The number of nitrogens with two attached hydrogens (primary N) is 4. The van der Waals surface area contributed by atoms with Gasteiger partial charge >= 0.3 is 0 Å². The second kappa shape index (κ2) is 5.88. The maximum atomic E-state index is 6.01. The van der Waals surface area contributed by atoms with Crippen LogP contribution in [0.3, 0.4) is 0 Å². The Hall–Kier alpha value is -1.53. The summed E-state index contributed by atoms with van der Waals surface area (Å²) in [6.45, 7) is 4.21. The van der Waals surface area contributed by atoms with E-state index in [-0.39, 0.29) is 12.1 Å². The first-order valence-electron chi connectivity index (χ1n) is 5.93. The van der Waals surface area contributed by atoms with Gasteiger partial charge < -0.3 is 27.7 Å². The van der Waals surface area contributed by atoms with Gasteiger partial charge in [-0.05, 0) is 24.8 Å². The number of hydrogen-bond donors (Lipinski definition) is 4. The fourth-order valence-electron chi connectivity index (χ4n) is 2.00. The van der Waals surface area contributed by atoms with Crippen LogP contribution in [0, 0.1) is 5.92 Å². The zero-order valence-electron chi connectivity index (χ0n) is 11.2. The summed E-state index contributed by atoms with van der Waals surface area (Å²) < 4.78 is 5.46. The molecule has 0 aromatic carbocycles. The third-order valence-corrected chi connectivity index (χ3v) is 3.15. The normalized spacial score (nSPS) is 29.9. The molecule has 1 heterocycles. The standard InChI is InChI=1S/C12H23N5O/c1-6-4-9(14)18-5-8(6)10(12(16)17-3)11(15)7(2)13/h6,9H,4-5,13-15H2,1-3H3,(H2,16,17)/b10-8+,11-7+. The predicted molar refractivity (Wildman–Crippen MR) is 73.4 cm³/mol. The van der Waals surface area contributed by atoms with E-state index in [1.165, 1.54) is 0 Å². The van der Waals surface area contributed by atoms with Gasteiger partial charge in [-0.1, -0.05) is 6.92 Å². The van der Waals surface area contributed by atoms with E-state index in [4.69, 9.17) is 27.7 Å². The van der Waals surface area contributed by atoms with Crippen molar-refractivity contribution in [2.24, 2.45) is 33.8 Å². The Labute approximate surface area is 108 Å². The molecule has 2 unspecified atom stereocenters. The average molecular weight is 253 g/mol. The molecular weight excluding hydrogens is 230 g/mol. The summed E-state index contributed by atoms with van der Waals surface area (Å²) in [5.41, 5.74) is 26.1. The van der Waals surface area contributed by atoms with Gasteiger partial charge in [0.15, 0.2) is 0 Å². The van der Waals surface area contributed by atoms with Crippen LogP contribution < -0.4 is 22.9 Å². The highest BCUT2D eigenvalue weighted by Gasteiger charge is 2.26. The van der Waals surface area contributed by atoms with E-state index in [1.54, 1.807) is 14.0 Å². The number of allylic oxidation sites excluding steroid dienone is 1. The molecule has 0 spiro atoms. The molecule has 0 amide bonds. The van der Waals surface area contributed by atoms with Crippen molar-refractivity contribution in [2.45, 2.75) is 26.5 Å². The van der Waals surface area contributed by atoms with Crippen molar-refractivity contribution in [3.05, 3.63) is 22.5 Å². The van der Waals surface area contributed by atoms with Crippen molar-refractivity contribution in [1.29, 1.82) is 0 Å². The molecule has 1 saturated heterocycles. The van der Waals surface area contributed by atoms with Gasteiger partial charge in [-0.25, -0.2) is 0 Å². The fourth-order valence-corrected chi connectivity index (χ4v) is 2.00. The number of amidine groups is 1. The number of aliphatic imine (C=N–C) groups is 1. The Bertz CT molecular complexity index is 407. The van der Waals surface area contributed by atoms with E-state index in [1.807, 2.05) is 0 Å². The van der Waals surface area contributed by atoms with E-state index in [9.17, 15) is 0 Å². The Kier molecular flexibility index (Phi) is 4.75. The Balaban J connectivity index is 3.29. The molecule has 0 aromatic rings. The largest absolute Gasteiger partial charge is 0.401 e. The van der Waals surface area contributed by atoms with Gasteiger partial charge in [0, 0.05) is 18.3 Å². The average Bonchev–Trinajstić information content (AvgIpc) is 2.31. The zero-order chi connectivity index (χ0) is 13.9. The molecule has 8 N–H and O–H groups in total. The van der Waals surface area contributed by atoms with Crippen molar-refractivity contribution in [2.75, 3.05) is 13.7 Å². The number of hydrogen-bond acceptors (Lipinski definition) is 5. The van der Waals surface area contributed by atoms with Crippen molar-refractivity contribution < 1.29 is 4.74 Å². The van der Waals surface area contributed by atoms with E-state index in [0.717, 1.165) is 12.0 Å². The number of rotatable bonds is 2. The lowest BCUT2D eigenvalue weighted by Crippen LogP contribution is -2.36. The Morgan fingerprint density at radius 2 is 1.94 bits per heavy atom.